The van der Waals surface area contributed by atoms with E-state index in [2.05, 4.69) is 52.9 Å². The smallest absolute Gasteiger partial charge is 0.229 e. The average molecular weight is 301 g/mol. The third-order valence-electron chi connectivity index (χ3n) is 4.45. The number of nitrogens with zero attached hydrogens (tertiary/aromatic N) is 5. The van der Waals surface area contributed by atoms with Crippen LogP contribution >= 0.6 is 0 Å². The highest BCUT2D eigenvalue weighted by Gasteiger charge is 2.27. The Morgan fingerprint density at radius 2 is 1.95 bits per heavy atom. The van der Waals surface area contributed by atoms with E-state index in [-0.39, 0.29) is 0 Å². The maximum atomic E-state index is 5.44. The van der Waals surface area contributed by atoms with Crippen LogP contribution in [0.2, 0.25) is 0 Å². The molecule has 1 fully saturated rings. The second kappa shape index (κ2) is 6.02. The van der Waals surface area contributed by atoms with Crippen LogP contribution in [-0.2, 0) is 0 Å². The molecule has 0 amide bonds. The molecular formula is C16H23N5O. The lowest BCUT2D eigenvalue weighted by Crippen LogP contribution is -2.34. The summed E-state index contributed by atoms with van der Waals surface area (Å²) >= 11 is 0. The molecule has 3 heterocycles. The van der Waals surface area contributed by atoms with E-state index in [4.69, 9.17) is 4.52 Å². The Bertz CT molecular complexity index is 644. The molecule has 0 saturated carbocycles. The molecule has 118 valence electrons. The molecule has 1 aliphatic heterocycles. The standard InChI is InChI=1S/C16H23N5O/c1-10(2)14-18-16(22-20-14)13-5-7-21(8-6-13)15-12(4)11(3)9-17-19-15/h9-10,13H,5-8H2,1-4H3. The Morgan fingerprint density at radius 1 is 1.23 bits per heavy atom. The van der Waals surface area contributed by atoms with Crippen LogP contribution in [0.3, 0.4) is 0 Å². The van der Waals surface area contributed by atoms with Gasteiger partial charge >= 0.3 is 0 Å². The first-order valence-corrected chi connectivity index (χ1v) is 7.93. The number of hydrogen-bond donors (Lipinski definition) is 0. The molecule has 1 aliphatic rings. The minimum atomic E-state index is 0.308. The van der Waals surface area contributed by atoms with Gasteiger partial charge in [-0.3, -0.25) is 0 Å². The van der Waals surface area contributed by atoms with Crippen molar-refractivity contribution in [2.45, 2.75) is 52.4 Å². The Balaban J connectivity index is 1.68. The van der Waals surface area contributed by atoms with Crippen molar-refractivity contribution in [1.29, 1.82) is 0 Å². The van der Waals surface area contributed by atoms with E-state index in [0.29, 0.717) is 11.8 Å². The molecular weight excluding hydrogens is 278 g/mol. The molecule has 0 atom stereocenters. The van der Waals surface area contributed by atoms with E-state index in [1.165, 1.54) is 11.1 Å². The predicted molar refractivity (Wildman–Crippen MR) is 84.1 cm³/mol. The van der Waals surface area contributed by atoms with Gasteiger partial charge in [0.05, 0.1) is 6.20 Å². The molecule has 6 nitrogen and oxygen atoms in total. The van der Waals surface area contributed by atoms with Gasteiger partial charge in [0.25, 0.3) is 0 Å². The van der Waals surface area contributed by atoms with E-state index in [9.17, 15) is 0 Å². The summed E-state index contributed by atoms with van der Waals surface area (Å²) < 4.78 is 5.44. The molecule has 6 heteroatoms. The van der Waals surface area contributed by atoms with E-state index in [1.54, 1.807) is 0 Å². The van der Waals surface area contributed by atoms with Gasteiger partial charge in [0.1, 0.15) is 0 Å². The van der Waals surface area contributed by atoms with Gasteiger partial charge in [-0.1, -0.05) is 19.0 Å². The van der Waals surface area contributed by atoms with Crippen molar-refractivity contribution in [3.63, 3.8) is 0 Å². The maximum Gasteiger partial charge on any atom is 0.229 e. The normalized spacial score (nSPS) is 16.5. The Labute approximate surface area is 130 Å². The summed E-state index contributed by atoms with van der Waals surface area (Å²) in [6.07, 6.45) is 3.83. The largest absolute Gasteiger partial charge is 0.355 e. The van der Waals surface area contributed by atoms with Gasteiger partial charge in [-0.05, 0) is 37.8 Å². The second-order valence-corrected chi connectivity index (χ2v) is 6.38. The molecule has 1 saturated heterocycles. The number of piperidine rings is 1. The van der Waals surface area contributed by atoms with Crippen molar-refractivity contribution in [3.8, 4) is 0 Å². The Kier molecular flexibility index (Phi) is 4.09. The summed E-state index contributed by atoms with van der Waals surface area (Å²) in [6.45, 7) is 10.2. The van der Waals surface area contributed by atoms with Crippen LogP contribution < -0.4 is 4.90 Å². The monoisotopic (exact) mass is 301 g/mol. The summed E-state index contributed by atoms with van der Waals surface area (Å²) in [5, 5.41) is 12.5. The maximum absolute atomic E-state index is 5.44. The van der Waals surface area contributed by atoms with Crippen molar-refractivity contribution in [1.82, 2.24) is 20.3 Å². The Hall–Kier alpha value is -1.98. The zero-order chi connectivity index (χ0) is 15.7. The van der Waals surface area contributed by atoms with Crippen molar-refractivity contribution in [3.05, 3.63) is 29.0 Å². The molecule has 0 unspecified atom stereocenters. The topological polar surface area (TPSA) is 67.9 Å². The molecule has 0 aliphatic carbocycles. The average Bonchev–Trinajstić information content (AvgIpc) is 3.00. The van der Waals surface area contributed by atoms with Gasteiger partial charge < -0.3 is 9.42 Å². The lowest BCUT2D eigenvalue weighted by atomic mass is 9.96. The molecule has 3 rings (SSSR count). The van der Waals surface area contributed by atoms with Gasteiger partial charge in [-0.15, -0.1) is 5.10 Å². The molecule has 0 radical (unpaired) electrons. The highest BCUT2D eigenvalue weighted by Crippen LogP contribution is 2.30. The van der Waals surface area contributed by atoms with Gasteiger partial charge in [0, 0.05) is 24.9 Å². The number of aryl methyl sites for hydroxylation is 1. The number of anilines is 1. The SMILES string of the molecule is Cc1cnnc(N2CCC(c3nc(C(C)C)no3)CC2)c1C. The fraction of sp³-hybridized carbons (Fsp3) is 0.625. The zero-order valence-electron chi connectivity index (χ0n) is 13.7. The number of hydrogen-bond acceptors (Lipinski definition) is 6. The number of aromatic nitrogens is 4. The highest BCUT2D eigenvalue weighted by atomic mass is 16.5. The summed E-state index contributed by atoms with van der Waals surface area (Å²) in [5.74, 6) is 3.26. The van der Waals surface area contributed by atoms with E-state index in [1.807, 2.05) is 6.20 Å². The van der Waals surface area contributed by atoms with Gasteiger partial charge in [-0.2, -0.15) is 10.1 Å². The first-order chi connectivity index (χ1) is 10.6. The zero-order valence-corrected chi connectivity index (χ0v) is 13.7. The molecule has 2 aromatic heterocycles. The van der Waals surface area contributed by atoms with E-state index in [0.717, 1.165) is 43.5 Å². The molecule has 22 heavy (non-hydrogen) atoms. The minimum absolute atomic E-state index is 0.308. The molecule has 0 spiro atoms. The van der Waals surface area contributed by atoms with Gasteiger partial charge in [0.15, 0.2) is 11.6 Å². The quantitative estimate of drug-likeness (QED) is 0.868. The Morgan fingerprint density at radius 3 is 2.59 bits per heavy atom. The van der Waals surface area contributed by atoms with Crippen molar-refractivity contribution in [2.24, 2.45) is 0 Å². The fourth-order valence-electron chi connectivity index (χ4n) is 2.80. The third-order valence-corrected chi connectivity index (χ3v) is 4.45. The highest BCUT2D eigenvalue weighted by molar-refractivity contribution is 5.48. The molecule has 2 aromatic rings. The van der Waals surface area contributed by atoms with Crippen LogP contribution in [0.5, 0.6) is 0 Å². The predicted octanol–water partition coefficient (Wildman–Crippen LogP) is 2.98. The minimum Gasteiger partial charge on any atom is -0.355 e. The summed E-state index contributed by atoms with van der Waals surface area (Å²) in [7, 11) is 0. The first kappa shape index (κ1) is 14.9. The van der Waals surface area contributed by atoms with Crippen LogP contribution in [-0.4, -0.2) is 33.4 Å². The van der Waals surface area contributed by atoms with Crippen LogP contribution in [0.15, 0.2) is 10.7 Å². The molecule has 0 bridgehead atoms. The van der Waals surface area contributed by atoms with Crippen molar-refractivity contribution >= 4 is 5.82 Å². The lowest BCUT2D eigenvalue weighted by Gasteiger charge is -2.32. The van der Waals surface area contributed by atoms with Crippen molar-refractivity contribution in [2.75, 3.05) is 18.0 Å². The molecule has 0 N–H and O–H groups in total. The third kappa shape index (κ3) is 2.82. The van der Waals surface area contributed by atoms with Crippen LogP contribution in [0.25, 0.3) is 0 Å². The van der Waals surface area contributed by atoms with E-state index < -0.39 is 0 Å². The van der Waals surface area contributed by atoms with Crippen molar-refractivity contribution < 1.29 is 4.52 Å². The summed E-state index contributed by atoms with van der Waals surface area (Å²) in [5.41, 5.74) is 2.40. The van der Waals surface area contributed by atoms with Crippen LogP contribution in [0.4, 0.5) is 5.82 Å². The fourth-order valence-corrected chi connectivity index (χ4v) is 2.80. The van der Waals surface area contributed by atoms with Crippen LogP contribution in [0.1, 0.15) is 61.4 Å². The second-order valence-electron chi connectivity index (χ2n) is 6.38. The van der Waals surface area contributed by atoms with Crippen LogP contribution in [0, 0.1) is 13.8 Å². The van der Waals surface area contributed by atoms with E-state index >= 15 is 0 Å². The van der Waals surface area contributed by atoms with Gasteiger partial charge in [-0.25, -0.2) is 0 Å². The number of rotatable bonds is 3. The lowest BCUT2D eigenvalue weighted by molar-refractivity contribution is 0.325. The first-order valence-electron chi connectivity index (χ1n) is 7.93. The summed E-state index contributed by atoms with van der Waals surface area (Å²) in [4.78, 5) is 6.85. The molecule has 0 aromatic carbocycles. The summed E-state index contributed by atoms with van der Waals surface area (Å²) in [6, 6.07) is 0. The van der Waals surface area contributed by atoms with Gasteiger partial charge in [0.2, 0.25) is 5.89 Å².